The molecule has 0 spiro atoms. The van der Waals surface area contributed by atoms with Gasteiger partial charge in [0.2, 0.25) is 0 Å². The van der Waals surface area contributed by atoms with E-state index in [1.165, 1.54) is 6.42 Å². The van der Waals surface area contributed by atoms with Crippen molar-refractivity contribution in [3.63, 3.8) is 0 Å². The Morgan fingerprint density at radius 1 is 1.27 bits per heavy atom. The molecule has 0 fully saturated rings. The molecule has 4 atom stereocenters. The maximum Gasteiger partial charge on any atom is 0.333 e. The first-order chi connectivity index (χ1) is 15.9. The molecule has 4 unspecified atom stereocenters. The molecule has 6 heteroatoms. The number of carbonyl (C=O) groups is 1. The molecule has 0 saturated heterocycles. The highest BCUT2D eigenvalue weighted by Crippen LogP contribution is 2.66. The van der Waals surface area contributed by atoms with Crippen LogP contribution in [0.2, 0.25) is 0 Å². The number of esters is 1. The van der Waals surface area contributed by atoms with E-state index in [4.69, 9.17) is 14.0 Å². The second-order valence-electron chi connectivity index (χ2n) is 9.05. The first-order valence-corrected chi connectivity index (χ1v) is 13.9. The summed E-state index contributed by atoms with van der Waals surface area (Å²) in [4.78, 5) is 12.3. The first-order valence-electron chi connectivity index (χ1n) is 12.1. The summed E-state index contributed by atoms with van der Waals surface area (Å²) >= 11 is 0. The quantitative estimate of drug-likeness (QED) is 0.186. The standard InChI is InChI=1S/C27H37O5P/c1-5-7-12-21(6-2)17-30-18-22(31-27(28)20(3)4)19-33(29)26-16-11-9-14-24(26)23-13-8-10-15-25(23)32-33/h8-11,13,15-16,21-22,24H,3,5-7,12,14,17-19H2,1-2,4H3. The molecule has 180 valence electrons. The first kappa shape index (κ1) is 25.5. The number of benzene rings is 1. The maximum atomic E-state index is 14.2. The zero-order valence-corrected chi connectivity index (χ0v) is 21.0. The Kier molecular flexibility index (Phi) is 9.17. The van der Waals surface area contributed by atoms with Gasteiger partial charge in [0.1, 0.15) is 11.9 Å². The van der Waals surface area contributed by atoms with E-state index in [1.54, 1.807) is 6.92 Å². The average molecular weight is 473 g/mol. The van der Waals surface area contributed by atoms with E-state index in [-0.39, 0.29) is 18.7 Å². The zero-order valence-electron chi connectivity index (χ0n) is 20.1. The number of rotatable bonds is 12. The van der Waals surface area contributed by atoms with Crippen LogP contribution in [0.25, 0.3) is 0 Å². The van der Waals surface area contributed by atoms with Crippen LogP contribution in [0.4, 0.5) is 0 Å². The van der Waals surface area contributed by atoms with Crippen LogP contribution in [0.5, 0.6) is 5.75 Å². The molecule has 0 N–H and O–H groups in total. The summed E-state index contributed by atoms with van der Waals surface area (Å²) in [6.07, 6.45) is 10.6. The fraction of sp³-hybridized carbons (Fsp3) is 0.519. The Bertz CT molecular complexity index is 948. The highest BCUT2D eigenvalue weighted by atomic mass is 31.2. The fourth-order valence-electron chi connectivity index (χ4n) is 4.37. The lowest BCUT2D eigenvalue weighted by molar-refractivity contribution is -0.146. The molecule has 1 heterocycles. The Balaban J connectivity index is 1.78. The number of carbonyl (C=O) groups excluding carboxylic acids is 1. The van der Waals surface area contributed by atoms with Crippen molar-refractivity contribution in [2.45, 2.75) is 64.9 Å². The fourth-order valence-corrected chi connectivity index (χ4v) is 6.99. The van der Waals surface area contributed by atoms with Gasteiger partial charge in [-0.15, -0.1) is 0 Å². The predicted molar refractivity (Wildman–Crippen MR) is 133 cm³/mol. The number of unbranched alkanes of at least 4 members (excludes halogenated alkanes) is 1. The van der Waals surface area contributed by atoms with E-state index in [2.05, 4.69) is 26.5 Å². The normalized spacial score (nSPS) is 22.9. The molecule has 1 aliphatic carbocycles. The largest absolute Gasteiger partial charge is 0.456 e. The number of ether oxygens (including phenoxy) is 2. The highest BCUT2D eigenvalue weighted by Gasteiger charge is 2.44. The van der Waals surface area contributed by atoms with Gasteiger partial charge >= 0.3 is 5.97 Å². The molecule has 2 aliphatic rings. The minimum Gasteiger partial charge on any atom is -0.456 e. The number of fused-ring (bicyclic) bond motifs is 3. The van der Waals surface area contributed by atoms with Crippen molar-refractivity contribution in [2.24, 2.45) is 5.92 Å². The summed E-state index contributed by atoms with van der Waals surface area (Å²) in [6, 6.07) is 7.75. The number of para-hydroxylation sites is 1. The molecule has 0 amide bonds. The van der Waals surface area contributed by atoms with Gasteiger partial charge in [-0.25, -0.2) is 4.79 Å². The van der Waals surface area contributed by atoms with Crippen LogP contribution in [0.1, 0.15) is 64.4 Å². The third kappa shape index (κ3) is 6.49. The molecular formula is C27H37O5P. The highest BCUT2D eigenvalue weighted by molar-refractivity contribution is 7.64. The van der Waals surface area contributed by atoms with E-state index in [0.29, 0.717) is 23.8 Å². The van der Waals surface area contributed by atoms with Crippen LogP contribution in [0.3, 0.4) is 0 Å². The second-order valence-corrected chi connectivity index (χ2v) is 11.5. The van der Waals surface area contributed by atoms with Gasteiger partial charge in [-0.1, -0.05) is 76.1 Å². The molecular weight excluding hydrogens is 435 g/mol. The summed E-state index contributed by atoms with van der Waals surface area (Å²) in [5.41, 5.74) is 1.35. The molecule has 0 bridgehead atoms. The molecule has 0 saturated carbocycles. The predicted octanol–water partition coefficient (Wildman–Crippen LogP) is 7.01. The molecule has 0 radical (unpaired) electrons. The van der Waals surface area contributed by atoms with Crippen LogP contribution >= 0.6 is 7.37 Å². The van der Waals surface area contributed by atoms with Crippen molar-refractivity contribution in [2.75, 3.05) is 19.4 Å². The van der Waals surface area contributed by atoms with Gasteiger partial charge in [0.05, 0.1) is 12.8 Å². The summed E-state index contributed by atoms with van der Waals surface area (Å²) in [5.74, 6) is 0.629. The van der Waals surface area contributed by atoms with Crippen molar-refractivity contribution < 1.29 is 23.4 Å². The van der Waals surface area contributed by atoms with Crippen molar-refractivity contribution in [1.82, 2.24) is 0 Å². The SMILES string of the molecule is C=C(C)C(=O)OC(COCC(CC)CCCC)CP1(=O)Oc2ccccc2C2CC=CC=C21. The minimum absolute atomic E-state index is 0.0164. The van der Waals surface area contributed by atoms with Crippen molar-refractivity contribution in [1.29, 1.82) is 0 Å². The molecule has 33 heavy (non-hydrogen) atoms. The maximum absolute atomic E-state index is 14.2. The van der Waals surface area contributed by atoms with E-state index >= 15 is 0 Å². The average Bonchev–Trinajstić information content (AvgIpc) is 2.81. The zero-order chi connectivity index (χ0) is 23.8. The molecule has 1 aromatic rings. The Morgan fingerprint density at radius 2 is 2.06 bits per heavy atom. The van der Waals surface area contributed by atoms with Gasteiger partial charge in [0.15, 0.2) is 0 Å². The number of hydrogen-bond donors (Lipinski definition) is 0. The van der Waals surface area contributed by atoms with E-state index in [1.807, 2.05) is 36.4 Å². The van der Waals surface area contributed by atoms with Crippen molar-refractivity contribution in [3.8, 4) is 5.75 Å². The van der Waals surface area contributed by atoms with Gasteiger partial charge in [-0.05, 0) is 31.7 Å². The molecule has 5 nitrogen and oxygen atoms in total. The third-order valence-electron chi connectivity index (χ3n) is 6.33. The van der Waals surface area contributed by atoms with E-state index in [0.717, 1.165) is 36.6 Å². The Hall–Kier alpha value is -2.10. The van der Waals surface area contributed by atoms with Crippen molar-refractivity contribution >= 4 is 13.3 Å². The van der Waals surface area contributed by atoms with Crippen LogP contribution in [0.15, 0.2) is 60.0 Å². The Morgan fingerprint density at radius 3 is 2.79 bits per heavy atom. The van der Waals surface area contributed by atoms with Crippen LogP contribution in [0, 0.1) is 5.92 Å². The molecule has 1 aromatic carbocycles. The summed E-state index contributed by atoms with van der Waals surface area (Å²) in [6.45, 7) is 10.4. The third-order valence-corrected chi connectivity index (χ3v) is 8.96. The van der Waals surface area contributed by atoms with Crippen LogP contribution < -0.4 is 4.52 Å². The lowest BCUT2D eigenvalue weighted by Gasteiger charge is -2.36. The van der Waals surface area contributed by atoms with Gasteiger partial charge in [-0.3, -0.25) is 4.57 Å². The topological polar surface area (TPSA) is 61.8 Å². The lowest BCUT2D eigenvalue weighted by Crippen LogP contribution is -2.31. The van der Waals surface area contributed by atoms with Gasteiger partial charge in [-0.2, -0.15) is 0 Å². The smallest absolute Gasteiger partial charge is 0.333 e. The van der Waals surface area contributed by atoms with E-state index in [9.17, 15) is 9.36 Å². The molecule has 0 aromatic heterocycles. The van der Waals surface area contributed by atoms with Gasteiger partial charge < -0.3 is 14.0 Å². The van der Waals surface area contributed by atoms with Gasteiger partial charge in [0, 0.05) is 29.0 Å². The summed E-state index contributed by atoms with van der Waals surface area (Å²) < 4.78 is 32.1. The minimum atomic E-state index is -3.29. The van der Waals surface area contributed by atoms with Crippen LogP contribution in [-0.4, -0.2) is 31.4 Å². The lowest BCUT2D eigenvalue weighted by atomic mass is 9.91. The van der Waals surface area contributed by atoms with Gasteiger partial charge in [0.25, 0.3) is 7.37 Å². The second kappa shape index (κ2) is 11.9. The molecule has 1 aliphatic heterocycles. The summed E-state index contributed by atoms with van der Waals surface area (Å²) in [7, 11) is -3.29. The molecule has 3 rings (SSSR count). The number of hydrogen-bond acceptors (Lipinski definition) is 5. The number of allylic oxidation sites excluding steroid dienone is 4. The summed E-state index contributed by atoms with van der Waals surface area (Å²) in [5, 5.41) is 0.787. The van der Waals surface area contributed by atoms with E-state index < -0.39 is 19.4 Å². The van der Waals surface area contributed by atoms with Crippen molar-refractivity contribution in [3.05, 3.63) is 65.5 Å². The Labute approximate surface area is 198 Å². The monoisotopic (exact) mass is 472 g/mol. The van der Waals surface area contributed by atoms with Crippen LogP contribution in [-0.2, 0) is 18.8 Å².